The molecule has 0 fully saturated rings. The van der Waals surface area contributed by atoms with Gasteiger partial charge in [0, 0.05) is 29.4 Å². The molecule has 0 atom stereocenters. The third kappa shape index (κ3) is 15.8. The zero-order chi connectivity index (χ0) is 57.3. The summed E-state index contributed by atoms with van der Waals surface area (Å²) in [5.74, 6) is 1.48. The fourth-order valence-corrected chi connectivity index (χ4v) is 8.63. The number of anilines is 3. The summed E-state index contributed by atoms with van der Waals surface area (Å²) >= 11 is 0. The Bertz CT molecular complexity index is 3520. The van der Waals surface area contributed by atoms with Crippen molar-refractivity contribution in [2.75, 3.05) is 12.0 Å². The van der Waals surface area contributed by atoms with E-state index in [1.807, 2.05) is 123 Å². The van der Waals surface area contributed by atoms with E-state index in [2.05, 4.69) is 124 Å². The van der Waals surface area contributed by atoms with Crippen molar-refractivity contribution in [2.45, 2.75) is 67.7 Å². The number of esters is 3. The molecule has 0 heterocycles. The molecule has 9 aromatic carbocycles. The molecule has 0 spiro atoms. The first-order chi connectivity index (χ1) is 38.4. The van der Waals surface area contributed by atoms with Gasteiger partial charge in [0.05, 0.1) is 18.2 Å². The monoisotopic (exact) mass is 1060 g/mol. The molecule has 9 aromatic rings. The lowest BCUT2D eigenvalue weighted by Crippen LogP contribution is -2.19. The van der Waals surface area contributed by atoms with Crippen LogP contribution in [0.2, 0.25) is 0 Å². The lowest BCUT2D eigenvalue weighted by atomic mass is 9.77. The van der Waals surface area contributed by atoms with E-state index in [4.69, 9.17) is 18.9 Å². The second-order valence-electron chi connectivity index (χ2n) is 20.0. The van der Waals surface area contributed by atoms with E-state index in [-0.39, 0.29) is 29.1 Å². The van der Waals surface area contributed by atoms with Gasteiger partial charge in [-0.3, -0.25) is 4.79 Å². The number of ether oxygens (including phenoxy) is 4. The molecule has 0 N–H and O–H groups in total. The standard InChI is InChI=1S/C42H35NO3.C26H26O4.C3H6O/c1-30-9-19-36(20-10-30)43(37-21-11-31(2)12-22-37)38-23-13-32(14-24-38)29-41(33-15-25-39(45-3)26-16-33)34-17-27-40(28-18-34)46-42(44)35-7-5-4-6-8-35;1-17-15-21(11-13-23(17)29-19(3)27)26(4,5)22-12-14-24(18(2)16-22)30-25(28)20-9-7-6-8-10-20;1-3(2)4/h4-29H,1-3H3;6-16H,1-5H3;1-2H3/b41-29-;;. The Labute approximate surface area is 470 Å². The Morgan fingerprint density at radius 1 is 0.425 bits per heavy atom. The first kappa shape index (κ1) is 58.1. The lowest BCUT2D eigenvalue weighted by Gasteiger charge is -2.27. The summed E-state index contributed by atoms with van der Waals surface area (Å²) in [6.07, 6.45) is 2.18. The van der Waals surface area contributed by atoms with Crippen LogP contribution in [0.4, 0.5) is 17.1 Å². The van der Waals surface area contributed by atoms with Gasteiger partial charge in [0.25, 0.3) is 0 Å². The molecule has 9 nitrogen and oxygen atoms in total. The third-order valence-corrected chi connectivity index (χ3v) is 13.1. The molecule has 0 unspecified atom stereocenters. The van der Waals surface area contributed by atoms with Gasteiger partial charge in [-0.05, 0) is 189 Å². The number of nitrogens with zero attached hydrogens (tertiary/aromatic N) is 1. The Balaban J connectivity index is 0.000000234. The number of rotatable bonds is 14. The summed E-state index contributed by atoms with van der Waals surface area (Å²) in [5, 5.41) is 0. The Morgan fingerprint density at radius 3 is 1.21 bits per heavy atom. The highest BCUT2D eigenvalue weighted by atomic mass is 16.5. The SMILES string of the molecule is CC(=O)Oc1ccc(C(C)(C)c2ccc(OC(=O)c3ccccc3)c(C)c2)cc1C.CC(C)=O.COc1ccc(/C(=C/c2ccc(N(c3ccc(C)cc3)c3ccc(C)cc3)cc2)c2ccc(OC(=O)c3ccccc3)cc2)cc1. The van der Waals surface area contributed by atoms with Crippen molar-refractivity contribution >= 4 is 52.4 Å². The van der Waals surface area contributed by atoms with Gasteiger partial charge in [0.1, 0.15) is 28.8 Å². The Morgan fingerprint density at radius 2 is 0.812 bits per heavy atom. The van der Waals surface area contributed by atoms with Gasteiger partial charge in [-0.1, -0.05) is 146 Å². The smallest absolute Gasteiger partial charge is 0.343 e. The fourth-order valence-electron chi connectivity index (χ4n) is 8.63. The van der Waals surface area contributed by atoms with Gasteiger partial charge in [-0.2, -0.15) is 0 Å². The van der Waals surface area contributed by atoms with Gasteiger partial charge >= 0.3 is 17.9 Å². The van der Waals surface area contributed by atoms with E-state index >= 15 is 0 Å². The van der Waals surface area contributed by atoms with Crippen molar-refractivity contribution in [3.05, 3.63) is 280 Å². The number of methoxy groups -OCH3 is 1. The first-order valence-electron chi connectivity index (χ1n) is 26.3. The zero-order valence-corrected chi connectivity index (χ0v) is 47.1. The largest absolute Gasteiger partial charge is 0.497 e. The minimum Gasteiger partial charge on any atom is -0.497 e. The van der Waals surface area contributed by atoms with Crippen LogP contribution in [0.25, 0.3) is 11.6 Å². The maximum absolute atomic E-state index is 12.6. The number of ketones is 1. The topological polar surface area (TPSA) is 108 Å². The van der Waals surface area contributed by atoms with Crippen LogP contribution in [-0.2, 0) is 15.0 Å². The average molecular weight is 1060 g/mol. The summed E-state index contributed by atoms with van der Waals surface area (Å²) < 4.78 is 21.9. The van der Waals surface area contributed by atoms with Crippen LogP contribution in [0.1, 0.15) is 105 Å². The van der Waals surface area contributed by atoms with Crippen molar-refractivity contribution in [1.82, 2.24) is 0 Å². The quantitative estimate of drug-likeness (QED) is 0.0597. The molecule has 0 aliphatic carbocycles. The number of benzene rings is 9. The van der Waals surface area contributed by atoms with E-state index in [0.717, 1.165) is 67.3 Å². The molecule has 9 rings (SSSR count). The maximum Gasteiger partial charge on any atom is 0.343 e. The average Bonchev–Trinajstić information content (AvgIpc) is 3.46. The predicted molar refractivity (Wildman–Crippen MR) is 322 cm³/mol. The lowest BCUT2D eigenvalue weighted by molar-refractivity contribution is -0.132. The highest BCUT2D eigenvalue weighted by Crippen LogP contribution is 2.38. The van der Waals surface area contributed by atoms with E-state index in [1.54, 1.807) is 31.4 Å². The van der Waals surface area contributed by atoms with Crippen LogP contribution in [-0.4, -0.2) is 30.8 Å². The van der Waals surface area contributed by atoms with Gasteiger partial charge in [-0.15, -0.1) is 0 Å². The number of Topliss-reactive ketones (excluding diaryl/α,β-unsaturated/α-hetero) is 1. The van der Waals surface area contributed by atoms with Crippen LogP contribution in [0, 0.1) is 27.7 Å². The van der Waals surface area contributed by atoms with Crippen molar-refractivity contribution in [2.24, 2.45) is 0 Å². The Hall–Kier alpha value is -9.60. The number of carbonyl (C=O) groups excluding carboxylic acids is 4. The molecule has 0 aliphatic heterocycles. The fraction of sp³-hybridized carbons (Fsp3) is 0.155. The van der Waals surface area contributed by atoms with Crippen molar-refractivity contribution in [3.63, 3.8) is 0 Å². The summed E-state index contributed by atoms with van der Waals surface area (Å²) in [5.41, 5.74) is 14.6. The van der Waals surface area contributed by atoms with Crippen LogP contribution in [0.15, 0.2) is 218 Å². The van der Waals surface area contributed by atoms with Crippen molar-refractivity contribution in [1.29, 1.82) is 0 Å². The molecule has 0 bridgehead atoms. The van der Waals surface area contributed by atoms with Gasteiger partial charge in [0.2, 0.25) is 0 Å². The second kappa shape index (κ2) is 27.1. The molecule has 9 heteroatoms. The number of hydrogen-bond acceptors (Lipinski definition) is 9. The molecule has 0 aromatic heterocycles. The van der Waals surface area contributed by atoms with E-state index < -0.39 is 0 Å². The number of hydrogen-bond donors (Lipinski definition) is 0. The molecular weight excluding hydrogens is 995 g/mol. The molecule has 404 valence electrons. The number of carbonyl (C=O) groups is 4. The summed E-state index contributed by atoms with van der Waals surface area (Å²) in [6.45, 7) is 16.8. The zero-order valence-electron chi connectivity index (χ0n) is 47.1. The van der Waals surface area contributed by atoms with Crippen LogP contribution < -0.4 is 23.8 Å². The van der Waals surface area contributed by atoms with E-state index in [1.165, 1.54) is 31.9 Å². The normalized spacial score (nSPS) is 10.9. The highest BCUT2D eigenvalue weighted by molar-refractivity contribution is 5.93. The minimum absolute atomic E-state index is 0.167. The predicted octanol–water partition coefficient (Wildman–Crippen LogP) is 17.0. The van der Waals surface area contributed by atoms with Crippen LogP contribution >= 0.6 is 0 Å². The molecule has 0 radical (unpaired) electrons. The molecule has 0 saturated carbocycles. The summed E-state index contributed by atoms with van der Waals surface area (Å²) in [4.78, 5) is 47.9. The molecule has 0 aliphatic rings. The van der Waals surface area contributed by atoms with E-state index in [9.17, 15) is 19.2 Å². The van der Waals surface area contributed by atoms with Gasteiger partial charge in [0.15, 0.2) is 0 Å². The Kier molecular flexibility index (Phi) is 19.7. The van der Waals surface area contributed by atoms with Crippen molar-refractivity contribution in [3.8, 4) is 23.0 Å². The van der Waals surface area contributed by atoms with E-state index in [0.29, 0.717) is 28.4 Å². The summed E-state index contributed by atoms with van der Waals surface area (Å²) in [6, 6.07) is 71.1. The maximum atomic E-state index is 12.6. The minimum atomic E-state index is -0.385. The molecule has 0 amide bonds. The second-order valence-corrected chi connectivity index (χ2v) is 20.0. The van der Waals surface area contributed by atoms with Gasteiger partial charge < -0.3 is 28.6 Å². The number of aryl methyl sites for hydroxylation is 4. The molecule has 0 saturated heterocycles. The third-order valence-electron chi connectivity index (χ3n) is 13.1. The van der Waals surface area contributed by atoms with Crippen molar-refractivity contribution < 1.29 is 38.1 Å². The first-order valence-corrected chi connectivity index (χ1v) is 26.3. The summed E-state index contributed by atoms with van der Waals surface area (Å²) in [7, 11) is 1.67. The molecular formula is C71H67NO8. The van der Waals surface area contributed by atoms with Crippen LogP contribution in [0.5, 0.6) is 23.0 Å². The van der Waals surface area contributed by atoms with Gasteiger partial charge in [-0.25, -0.2) is 9.59 Å². The highest BCUT2D eigenvalue weighted by Gasteiger charge is 2.25. The van der Waals surface area contributed by atoms with Crippen LogP contribution in [0.3, 0.4) is 0 Å². The molecule has 80 heavy (non-hydrogen) atoms.